The van der Waals surface area contributed by atoms with E-state index in [2.05, 4.69) is 15.3 Å². The number of fused-ring (bicyclic) bond motifs is 2. The third kappa shape index (κ3) is 5.05. The van der Waals surface area contributed by atoms with Crippen molar-refractivity contribution in [3.8, 4) is 0 Å². The van der Waals surface area contributed by atoms with E-state index in [4.69, 9.17) is 11.6 Å². The number of aromatic amines is 1. The number of nitrogens with zero attached hydrogens (tertiary/aromatic N) is 3. The molecule has 212 valence electrons. The van der Waals surface area contributed by atoms with E-state index in [1.54, 1.807) is 47.4 Å². The van der Waals surface area contributed by atoms with Crippen LogP contribution in [0, 0.1) is 5.82 Å². The molecule has 2 heterocycles. The Morgan fingerprint density at radius 2 is 1.85 bits per heavy atom. The fraction of sp³-hybridized carbons (Fsp3) is 0.267. The maximum atomic E-state index is 15.2. The van der Waals surface area contributed by atoms with Crippen LogP contribution >= 0.6 is 11.6 Å². The molecule has 41 heavy (non-hydrogen) atoms. The van der Waals surface area contributed by atoms with E-state index < -0.39 is 17.4 Å². The summed E-state index contributed by atoms with van der Waals surface area (Å²) in [6.07, 6.45) is 0.830. The predicted molar refractivity (Wildman–Crippen MR) is 154 cm³/mol. The van der Waals surface area contributed by atoms with Crippen LogP contribution in [0.2, 0.25) is 5.02 Å². The van der Waals surface area contributed by atoms with Gasteiger partial charge in [0, 0.05) is 42.6 Å². The highest BCUT2D eigenvalue weighted by Crippen LogP contribution is 2.46. The summed E-state index contributed by atoms with van der Waals surface area (Å²) in [5.74, 6) is -1.50. The molecular formula is C30H29ClFN5O4. The van der Waals surface area contributed by atoms with Gasteiger partial charge in [0.15, 0.2) is 11.5 Å². The summed E-state index contributed by atoms with van der Waals surface area (Å²) in [5, 5.41) is 14.7. The molecule has 3 amide bonds. The molecule has 1 aromatic heterocycles. The molecule has 0 radical (unpaired) electrons. The zero-order valence-corrected chi connectivity index (χ0v) is 23.3. The molecule has 0 bridgehead atoms. The van der Waals surface area contributed by atoms with Gasteiger partial charge in [-0.15, -0.1) is 0 Å². The van der Waals surface area contributed by atoms with Crippen molar-refractivity contribution in [1.29, 1.82) is 0 Å². The lowest BCUT2D eigenvalue weighted by Crippen LogP contribution is -2.45. The van der Waals surface area contributed by atoms with Crippen LogP contribution in [0.3, 0.4) is 0 Å². The fourth-order valence-corrected chi connectivity index (χ4v) is 5.38. The molecule has 3 N–H and O–H groups in total. The summed E-state index contributed by atoms with van der Waals surface area (Å²) in [6, 6.07) is 15.6. The normalized spacial score (nSPS) is 16.2. The van der Waals surface area contributed by atoms with Crippen molar-refractivity contribution in [2.45, 2.75) is 38.8 Å². The van der Waals surface area contributed by atoms with Crippen molar-refractivity contribution in [3.63, 3.8) is 0 Å². The van der Waals surface area contributed by atoms with Crippen LogP contribution in [0.1, 0.15) is 54.6 Å². The molecule has 0 aliphatic carbocycles. The molecule has 5 rings (SSSR count). The number of hydrogen-bond acceptors (Lipinski definition) is 5. The van der Waals surface area contributed by atoms with Crippen molar-refractivity contribution < 1.29 is 23.9 Å². The average molecular weight is 578 g/mol. The smallest absolute Gasteiger partial charge is 0.261 e. The molecule has 11 heteroatoms. The molecule has 9 nitrogen and oxygen atoms in total. The minimum Gasteiger partial charge on any atom is -0.363 e. The average Bonchev–Trinajstić information content (AvgIpc) is 3.46. The Kier molecular flexibility index (Phi) is 7.79. The molecule has 1 aliphatic heterocycles. The highest BCUT2D eigenvalue weighted by atomic mass is 35.5. The van der Waals surface area contributed by atoms with E-state index in [-0.39, 0.29) is 58.0 Å². The monoisotopic (exact) mass is 577 g/mol. The number of aromatic nitrogens is 2. The van der Waals surface area contributed by atoms with Crippen molar-refractivity contribution >= 4 is 52.0 Å². The van der Waals surface area contributed by atoms with Gasteiger partial charge in [-0.05, 0) is 50.6 Å². The lowest BCUT2D eigenvalue weighted by atomic mass is 9.93. The van der Waals surface area contributed by atoms with Gasteiger partial charge in [-0.1, -0.05) is 41.9 Å². The van der Waals surface area contributed by atoms with Gasteiger partial charge in [-0.3, -0.25) is 24.6 Å². The number of halogens is 2. The topological polar surface area (TPSA) is 119 Å². The van der Waals surface area contributed by atoms with E-state index in [9.17, 15) is 19.5 Å². The van der Waals surface area contributed by atoms with Crippen LogP contribution in [0.5, 0.6) is 0 Å². The first kappa shape index (κ1) is 28.3. The van der Waals surface area contributed by atoms with Gasteiger partial charge < -0.3 is 15.0 Å². The number of anilines is 2. The Morgan fingerprint density at radius 1 is 1.10 bits per heavy atom. The lowest BCUT2D eigenvalue weighted by molar-refractivity contribution is -0.131. The van der Waals surface area contributed by atoms with E-state index in [1.807, 2.05) is 13.8 Å². The Labute approximate surface area is 240 Å². The van der Waals surface area contributed by atoms with Crippen molar-refractivity contribution in [2.24, 2.45) is 0 Å². The van der Waals surface area contributed by atoms with Gasteiger partial charge in [0.1, 0.15) is 0 Å². The number of nitrogens with one attached hydrogen (secondary N) is 2. The molecule has 0 fully saturated rings. The highest BCUT2D eigenvalue weighted by Gasteiger charge is 2.51. The second-order valence-electron chi connectivity index (χ2n) is 9.72. The van der Waals surface area contributed by atoms with E-state index in [1.165, 1.54) is 18.2 Å². The molecule has 0 saturated heterocycles. The Morgan fingerprint density at radius 3 is 2.61 bits per heavy atom. The van der Waals surface area contributed by atoms with Gasteiger partial charge in [0.25, 0.3) is 5.91 Å². The fourth-order valence-electron chi connectivity index (χ4n) is 5.21. The first-order chi connectivity index (χ1) is 19.7. The van der Waals surface area contributed by atoms with E-state index >= 15 is 4.39 Å². The van der Waals surface area contributed by atoms with Crippen molar-refractivity contribution in [1.82, 2.24) is 14.9 Å². The number of hydrogen-bond donors (Lipinski definition) is 3. The summed E-state index contributed by atoms with van der Waals surface area (Å²) < 4.78 is 15.2. The summed E-state index contributed by atoms with van der Waals surface area (Å²) in [4.78, 5) is 48.3. The first-order valence-electron chi connectivity index (χ1n) is 13.4. The van der Waals surface area contributed by atoms with Crippen LogP contribution < -0.4 is 10.2 Å². The summed E-state index contributed by atoms with van der Waals surface area (Å²) in [5.41, 5.74) is -0.451. The molecule has 1 aliphatic rings. The Hall–Kier alpha value is -4.28. The van der Waals surface area contributed by atoms with Crippen LogP contribution in [-0.2, 0) is 15.3 Å². The third-order valence-electron chi connectivity index (χ3n) is 7.28. The van der Waals surface area contributed by atoms with Crippen molar-refractivity contribution in [3.05, 3.63) is 88.2 Å². The first-order valence-corrected chi connectivity index (χ1v) is 13.7. The summed E-state index contributed by atoms with van der Waals surface area (Å²) in [7, 11) is 0. The number of H-pyrrole nitrogens is 1. The Bertz CT molecular complexity index is 1650. The van der Waals surface area contributed by atoms with Gasteiger partial charge in [-0.25, -0.2) is 9.37 Å². The summed E-state index contributed by atoms with van der Waals surface area (Å²) >= 11 is 6.03. The van der Waals surface area contributed by atoms with Crippen molar-refractivity contribution in [2.75, 3.05) is 23.3 Å². The number of aliphatic hydroxyl groups is 1. The van der Waals surface area contributed by atoms with Gasteiger partial charge in [0.2, 0.25) is 17.8 Å². The van der Waals surface area contributed by atoms with Gasteiger partial charge in [-0.2, -0.15) is 0 Å². The SMILES string of the molecule is CCN(CC)C(=O)CCCC(=O)Nc1nc2ccc(C3(O)c4ccccc4C(=O)N3c3cccc(Cl)c3F)cc2[nH]1. The third-order valence-corrected chi connectivity index (χ3v) is 7.58. The highest BCUT2D eigenvalue weighted by molar-refractivity contribution is 6.31. The van der Waals surface area contributed by atoms with Crippen LogP contribution in [0.4, 0.5) is 16.0 Å². The quantitative estimate of drug-likeness (QED) is 0.253. The molecule has 3 aromatic carbocycles. The van der Waals surface area contributed by atoms with Crippen LogP contribution in [0.25, 0.3) is 11.0 Å². The van der Waals surface area contributed by atoms with E-state index in [0.29, 0.717) is 30.5 Å². The van der Waals surface area contributed by atoms with Crippen LogP contribution in [-0.4, -0.2) is 50.8 Å². The zero-order chi connectivity index (χ0) is 29.3. The molecule has 1 atom stereocenters. The number of benzene rings is 3. The number of imidazole rings is 1. The summed E-state index contributed by atoms with van der Waals surface area (Å²) in [6.45, 7) is 5.08. The largest absolute Gasteiger partial charge is 0.363 e. The second kappa shape index (κ2) is 11.3. The van der Waals surface area contributed by atoms with Crippen LogP contribution in [0.15, 0.2) is 60.7 Å². The molecule has 1 unspecified atom stereocenters. The molecule has 0 saturated carbocycles. The zero-order valence-electron chi connectivity index (χ0n) is 22.6. The minimum atomic E-state index is -2.06. The van der Waals surface area contributed by atoms with Gasteiger partial charge >= 0.3 is 0 Å². The van der Waals surface area contributed by atoms with Gasteiger partial charge in [0.05, 0.1) is 21.7 Å². The molecular weight excluding hydrogens is 549 g/mol. The number of carbonyl (C=O) groups excluding carboxylic acids is 3. The van der Waals surface area contributed by atoms with E-state index in [0.717, 1.165) is 4.90 Å². The predicted octanol–water partition coefficient (Wildman–Crippen LogP) is 5.19. The maximum Gasteiger partial charge on any atom is 0.261 e. The standard InChI is InChI=1S/C30H29ClFN5O4/c1-3-36(4-2)26(39)14-8-13-25(38)35-29-33-22-16-15-18(17-23(22)34-29)30(41)20-10-6-5-9-19(20)28(40)37(30)24-12-7-11-21(31)27(24)32/h5-7,9-12,15-17,41H,3-4,8,13-14H2,1-2H3,(H2,33,34,35,38). The second-order valence-corrected chi connectivity index (χ2v) is 10.1. The number of amides is 3. The lowest BCUT2D eigenvalue weighted by Gasteiger charge is -2.35. The number of rotatable bonds is 9. The maximum absolute atomic E-state index is 15.2. The molecule has 0 spiro atoms. The molecule has 4 aromatic rings. The number of carbonyl (C=O) groups is 3. The Balaban J connectivity index is 1.42. The minimum absolute atomic E-state index is 0.00988.